The molecule has 0 saturated carbocycles. The number of carbonyl (C=O) groups is 2. The lowest BCUT2D eigenvalue weighted by atomic mass is 10.0. The number of hydrogen-bond donors (Lipinski definition) is 2. The van der Waals surface area contributed by atoms with E-state index < -0.39 is 50.3 Å². The molecule has 0 aliphatic rings. The summed E-state index contributed by atoms with van der Waals surface area (Å²) < 4.78 is 76.2. The van der Waals surface area contributed by atoms with Gasteiger partial charge in [-0.25, -0.2) is 4.57 Å². The van der Waals surface area contributed by atoms with Crippen LogP contribution in [0.25, 0.3) is 4.98 Å². The minimum atomic E-state index is -5.02. The van der Waals surface area contributed by atoms with Crippen molar-refractivity contribution in [3.63, 3.8) is 0 Å². The average Bonchev–Trinajstić information content (AvgIpc) is 3.10. The van der Waals surface area contributed by atoms with E-state index in [2.05, 4.69) is 11.7 Å². The summed E-state index contributed by atoms with van der Waals surface area (Å²) in [5.41, 5.74) is -1.87. The van der Waals surface area contributed by atoms with Gasteiger partial charge in [0.25, 0.3) is 0 Å². The van der Waals surface area contributed by atoms with Gasteiger partial charge in [-0.1, -0.05) is 129 Å². The molecular formula is C39H73F3N3O10P+2. The number of hydrogen-bond acceptors (Lipinski definition) is 10. The first-order chi connectivity index (χ1) is 26.5. The Balaban J connectivity index is 4.43. The molecular weight excluding hydrogens is 758 g/mol. The van der Waals surface area contributed by atoms with Crippen molar-refractivity contribution < 1.29 is 65.1 Å². The van der Waals surface area contributed by atoms with Gasteiger partial charge in [-0.05, 0) is 19.3 Å². The minimum Gasteiger partial charge on any atom is -0.475 e. The fourth-order valence-electron chi connectivity index (χ4n) is 5.62. The molecule has 0 aliphatic heterocycles. The Morgan fingerprint density at radius 1 is 0.679 bits per heavy atom. The number of nitrogens with zero attached hydrogens (tertiary/aromatic N) is 3. The zero-order valence-corrected chi connectivity index (χ0v) is 35.6. The quantitative estimate of drug-likeness (QED) is 0.0153. The number of quaternary nitrogens is 1. The fraction of sp³-hybridized carbons (Fsp3) is 0.897. The van der Waals surface area contributed by atoms with Crippen molar-refractivity contribution in [2.45, 2.75) is 173 Å². The highest BCUT2D eigenvalue weighted by Gasteiger charge is 2.51. The summed E-state index contributed by atoms with van der Waals surface area (Å²) in [4.78, 5) is 37.3. The van der Waals surface area contributed by atoms with Crippen molar-refractivity contribution in [2.75, 3.05) is 54.1 Å². The second-order valence-electron chi connectivity index (χ2n) is 15.4. The van der Waals surface area contributed by atoms with E-state index in [4.69, 9.17) is 23.9 Å². The molecule has 0 fully saturated rings. The van der Waals surface area contributed by atoms with E-state index >= 15 is 0 Å². The molecule has 0 spiro atoms. The van der Waals surface area contributed by atoms with Gasteiger partial charge >= 0.3 is 37.6 Å². The molecule has 2 unspecified atom stereocenters. The first-order valence-corrected chi connectivity index (χ1v) is 22.3. The SMILES string of the molecule is CCCCCCCCCCCCCCCC(=O)OCC(COP(=O)(O)OCC[N+](C)(C)C)OC(=O)CCCCCCCCCCCOC(O)=C([N+]#N)C(F)(F)F. The maximum Gasteiger partial charge on any atom is 0.543 e. The highest BCUT2D eigenvalue weighted by atomic mass is 31.2. The van der Waals surface area contributed by atoms with Gasteiger partial charge in [-0.15, -0.1) is 0 Å². The maximum absolute atomic E-state index is 12.6. The lowest BCUT2D eigenvalue weighted by Crippen LogP contribution is -2.37. The Labute approximate surface area is 333 Å². The topological polar surface area (TPSA) is 166 Å². The van der Waals surface area contributed by atoms with Crippen molar-refractivity contribution >= 4 is 19.8 Å². The molecule has 0 aliphatic carbocycles. The summed E-state index contributed by atoms with van der Waals surface area (Å²) in [5, 5.41) is 17.7. The standard InChI is InChI=1S/C39H71F3N3O10P/c1-5-6-7-8-9-10-11-12-13-15-18-21-24-27-35(46)52-32-34(33-54-56(49,50)53-31-29-45(2,3)4)55-36(47)28-25-22-19-16-14-17-20-23-26-30-51-38(48)37(44-43)39(40,41)42/h34H,5-33H2,1-4H3/p+2. The lowest BCUT2D eigenvalue weighted by molar-refractivity contribution is -0.870. The summed E-state index contributed by atoms with van der Waals surface area (Å²) in [6.45, 7) is 1.74. The van der Waals surface area contributed by atoms with E-state index in [1.54, 1.807) is 0 Å². The van der Waals surface area contributed by atoms with Crippen LogP contribution < -0.4 is 0 Å². The van der Waals surface area contributed by atoms with E-state index in [1.165, 1.54) is 57.8 Å². The fourth-order valence-corrected chi connectivity index (χ4v) is 6.36. The predicted molar refractivity (Wildman–Crippen MR) is 209 cm³/mol. The van der Waals surface area contributed by atoms with E-state index in [-0.39, 0.29) is 32.7 Å². The van der Waals surface area contributed by atoms with Gasteiger partial charge in [0.1, 0.15) is 19.8 Å². The van der Waals surface area contributed by atoms with Gasteiger partial charge in [0.05, 0.1) is 34.4 Å². The van der Waals surface area contributed by atoms with Gasteiger partial charge in [0.2, 0.25) is 5.39 Å². The molecule has 2 atom stereocenters. The Bertz CT molecular complexity index is 1160. The van der Waals surface area contributed by atoms with Crippen molar-refractivity contribution in [3.05, 3.63) is 16.6 Å². The molecule has 0 amide bonds. The van der Waals surface area contributed by atoms with E-state index in [1.807, 2.05) is 26.1 Å². The van der Waals surface area contributed by atoms with Gasteiger partial charge in [0.15, 0.2) is 11.1 Å². The van der Waals surface area contributed by atoms with Crippen LogP contribution >= 0.6 is 7.82 Å². The summed E-state index contributed by atoms with van der Waals surface area (Å²) in [6.07, 6.45) is 16.6. The number of esters is 2. The number of allylic oxidation sites excluding steroid dienone is 1. The molecule has 328 valence electrons. The zero-order chi connectivity index (χ0) is 42.1. The molecule has 2 N–H and O–H groups in total. The average molecular weight is 832 g/mol. The second kappa shape index (κ2) is 32.5. The predicted octanol–water partition coefficient (Wildman–Crippen LogP) is 10.8. The number of alkyl halides is 3. The maximum atomic E-state index is 12.6. The number of aliphatic hydroxyl groups is 1. The Morgan fingerprint density at radius 3 is 1.57 bits per heavy atom. The third-order valence-corrected chi connectivity index (χ3v) is 9.97. The number of aliphatic hydroxyl groups excluding tert-OH is 1. The number of carbonyl (C=O) groups excluding carboxylic acids is 2. The van der Waals surface area contributed by atoms with Crippen molar-refractivity contribution in [1.82, 2.24) is 0 Å². The van der Waals surface area contributed by atoms with Gasteiger partial charge in [-0.3, -0.25) is 18.6 Å². The number of unbranched alkanes of at least 4 members (excludes halogenated alkanes) is 20. The van der Waals surface area contributed by atoms with Crippen LogP contribution in [0.1, 0.15) is 161 Å². The van der Waals surface area contributed by atoms with Crippen LogP contribution in [0.3, 0.4) is 0 Å². The summed E-state index contributed by atoms with van der Waals surface area (Å²) in [7, 11) is 1.29. The van der Waals surface area contributed by atoms with Crippen molar-refractivity contribution in [3.8, 4) is 0 Å². The number of phosphoric acid groups is 1. The molecule has 56 heavy (non-hydrogen) atoms. The number of halogens is 3. The molecule has 0 bridgehead atoms. The highest BCUT2D eigenvalue weighted by Crippen LogP contribution is 2.43. The van der Waals surface area contributed by atoms with Gasteiger partial charge in [0, 0.05) is 12.8 Å². The molecule has 0 radical (unpaired) electrons. The smallest absolute Gasteiger partial charge is 0.475 e. The van der Waals surface area contributed by atoms with Crippen molar-refractivity contribution in [2.24, 2.45) is 0 Å². The minimum absolute atomic E-state index is 0.0215. The molecule has 0 aromatic rings. The van der Waals surface area contributed by atoms with Crippen LogP contribution in [0.15, 0.2) is 11.6 Å². The number of likely N-dealkylation sites (N-methyl/N-ethyl adjacent to an activating group) is 1. The lowest BCUT2D eigenvalue weighted by Gasteiger charge is -2.24. The summed E-state index contributed by atoms with van der Waals surface area (Å²) in [6, 6.07) is 0. The third kappa shape index (κ3) is 33.7. The van der Waals surface area contributed by atoms with Gasteiger partial charge in [-0.2, -0.15) is 13.2 Å². The van der Waals surface area contributed by atoms with Crippen LogP contribution in [0, 0.1) is 5.39 Å². The van der Waals surface area contributed by atoms with Crippen molar-refractivity contribution in [1.29, 1.82) is 5.39 Å². The molecule has 0 aromatic carbocycles. The number of diazo groups is 1. The Kier molecular flexibility index (Phi) is 31.1. The molecule has 0 aromatic heterocycles. The van der Waals surface area contributed by atoms with Crippen LogP contribution in [-0.2, 0) is 37.4 Å². The normalized spacial score (nSPS) is 14.1. The van der Waals surface area contributed by atoms with Gasteiger partial charge < -0.3 is 28.7 Å². The largest absolute Gasteiger partial charge is 0.543 e. The Morgan fingerprint density at radius 2 is 1.12 bits per heavy atom. The molecule has 0 heterocycles. The van der Waals surface area contributed by atoms with Crippen LogP contribution in [0.5, 0.6) is 0 Å². The number of phosphoric ester groups is 1. The molecule has 17 heteroatoms. The van der Waals surface area contributed by atoms with Crippen LogP contribution in [0.2, 0.25) is 0 Å². The number of rotatable bonds is 37. The van der Waals surface area contributed by atoms with Crippen LogP contribution in [0.4, 0.5) is 13.2 Å². The monoisotopic (exact) mass is 831 g/mol. The first kappa shape index (κ1) is 53.6. The summed E-state index contributed by atoms with van der Waals surface area (Å²) >= 11 is 0. The highest BCUT2D eigenvalue weighted by molar-refractivity contribution is 7.47. The van der Waals surface area contributed by atoms with E-state index in [9.17, 15) is 37.3 Å². The first-order valence-electron chi connectivity index (χ1n) is 20.8. The second-order valence-corrected chi connectivity index (χ2v) is 16.9. The molecule has 13 nitrogen and oxygen atoms in total. The van der Waals surface area contributed by atoms with E-state index in [0.717, 1.165) is 57.8 Å². The number of ether oxygens (including phenoxy) is 3. The zero-order valence-electron chi connectivity index (χ0n) is 34.7. The van der Waals surface area contributed by atoms with E-state index in [0.29, 0.717) is 36.7 Å². The molecule has 0 saturated heterocycles. The third-order valence-electron chi connectivity index (χ3n) is 8.99. The summed E-state index contributed by atoms with van der Waals surface area (Å²) in [5.74, 6) is -2.43. The van der Waals surface area contributed by atoms with Crippen LogP contribution in [-0.4, -0.2) is 92.8 Å². The Hall–Kier alpha value is -2.44. The molecule has 0 rings (SSSR count).